The van der Waals surface area contributed by atoms with Crippen molar-refractivity contribution in [3.63, 3.8) is 0 Å². The number of carbonyl (C=O) groups is 1. The summed E-state index contributed by atoms with van der Waals surface area (Å²) in [5, 5.41) is 0. The molecule has 2 fully saturated rings. The maximum atomic E-state index is 12.4. The van der Waals surface area contributed by atoms with Crippen LogP contribution in [0.2, 0.25) is 0 Å². The molecule has 2 aromatic rings. The molecule has 1 aromatic carbocycles. The molecule has 4 rings (SSSR count). The Balaban J connectivity index is 1.38. The van der Waals surface area contributed by atoms with Crippen LogP contribution in [-0.2, 0) is 4.79 Å². The molecule has 0 saturated carbocycles. The van der Waals surface area contributed by atoms with Crippen LogP contribution in [0.25, 0.3) is 17.2 Å². The second-order valence-electron chi connectivity index (χ2n) is 7.16. The van der Waals surface area contributed by atoms with E-state index in [1.54, 1.807) is 6.08 Å². The largest absolute Gasteiger partial charge is 0.338 e. The standard InChI is InChI=1S/C21H23N3O/c1-23-12-18-14-24(15-19(18)13-23)21(25)10-9-20-8-7-17(11-22-20)16-5-3-2-4-6-16/h2-11,18-19H,12-15H2,1H3/b10-9+. The van der Waals surface area contributed by atoms with Crippen LogP contribution < -0.4 is 0 Å². The number of nitrogens with zero attached hydrogens (tertiary/aromatic N) is 3. The van der Waals surface area contributed by atoms with Crippen molar-refractivity contribution in [3.8, 4) is 11.1 Å². The number of likely N-dealkylation sites (tertiary alicyclic amines) is 2. The summed E-state index contributed by atoms with van der Waals surface area (Å²) in [5.41, 5.74) is 3.04. The van der Waals surface area contributed by atoms with E-state index in [2.05, 4.69) is 29.1 Å². The molecule has 3 heterocycles. The molecule has 2 unspecified atom stereocenters. The van der Waals surface area contributed by atoms with E-state index in [4.69, 9.17) is 0 Å². The number of pyridine rings is 1. The molecule has 2 aliphatic heterocycles. The fraction of sp³-hybridized carbons (Fsp3) is 0.333. The topological polar surface area (TPSA) is 36.4 Å². The molecule has 2 aliphatic rings. The van der Waals surface area contributed by atoms with E-state index >= 15 is 0 Å². The molecule has 1 aromatic heterocycles. The van der Waals surface area contributed by atoms with Gasteiger partial charge in [-0.1, -0.05) is 36.4 Å². The van der Waals surface area contributed by atoms with E-state index in [9.17, 15) is 4.79 Å². The number of amides is 1. The minimum atomic E-state index is 0.103. The minimum Gasteiger partial charge on any atom is -0.338 e. The Morgan fingerprint density at radius 1 is 1.00 bits per heavy atom. The minimum absolute atomic E-state index is 0.103. The van der Waals surface area contributed by atoms with Crippen molar-refractivity contribution in [2.24, 2.45) is 11.8 Å². The third kappa shape index (κ3) is 3.49. The molecule has 0 radical (unpaired) electrons. The van der Waals surface area contributed by atoms with E-state index in [0.717, 1.165) is 43.0 Å². The van der Waals surface area contributed by atoms with Gasteiger partial charge in [0.2, 0.25) is 5.91 Å². The van der Waals surface area contributed by atoms with Gasteiger partial charge in [0, 0.05) is 44.0 Å². The number of fused-ring (bicyclic) bond motifs is 1. The van der Waals surface area contributed by atoms with Gasteiger partial charge in [0.05, 0.1) is 5.69 Å². The molecule has 0 N–H and O–H groups in total. The highest BCUT2D eigenvalue weighted by molar-refractivity contribution is 5.91. The second-order valence-corrected chi connectivity index (χ2v) is 7.16. The summed E-state index contributed by atoms with van der Waals surface area (Å²) >= 11 is 0. The molecule has 1 amide bonds. The number of benzene rings is 1. The summed E-state index contributed by atoms with van der Waals surface area (Å²) in [6.07, 6.45) is 5.34. The van der Waals surface area contributed by atoms with E-state index in [-0.39, 0.29) is 5.91 Å². The Hall–Kier alpha value is -2.46. The predicted molar refractivity (Wildman–Crippen MR) is 99.8 cm³/mol. The summed E-state index contributed by atoms with van der Waals surface area (Å²) in [6, 6.07) is 14.2. The zero-order valence-corrected chi connectivity index (χ0v) is 14.5. The first-order valence-corrected chi connectivity index (χ1v) is 8.86. The molecule has 25 heavy (non-hydrogen) atoms. The third-order valence-electron chi connectivity index (χ3n) is 5.27. The quantitative estimate of drug-likeness (QED) is 0.811. The van der Waals surface area contributed by atoms with Crippen LogP contribution >= 0.6 is 0 Å². The number of aromatic nitrogens is 1. The van der Waals surface area contributed by atoms with E-state index < -0.39 is 0 Å². The number of carbonyl (C=O) groups excluding carboxylic acids is 1. The van der Waals surface area contributed by atoms with Crippen LogP contribution in [0, 0.1) is 11.8 Å². The van der Waals surface area contributed by atoms with Gasteiger partial charge < -0.3 is 9.80 Å². The normalized spacial score (nSPS) is 23.3. The average molecular weight is 333 g/mol. The first-order chi connectivity index (χ1) is 12.2. The van der Waals surface area contributed by atoms with Crippen LogP contribution in [0.3, 0.4) is 0 Å². The first kappa shape index (κ1) is 16.0. The lowest BCUT2D eigenvalue weighted by atomic mass is 10.0. The van der Waals surface area contributed by atoms with Gasteiger partial charge in [0.25, 0.3) is 0 Å². The van der Waals surface area contributed by atoms with Crippen molar-refractivity contribution in [1.82, 2.24) is 14.8 Å². The Kier molecular flexibility index (Phi) is 4.36. The number of rotatable bonds is 3. The maximum absolute atomic E-state index is 12.4. The molecule has 128 valence electrons. The Bertz CT molecular complexity index is 755. The fourth-order valence-corrected chi connectivity index (χ4v) is 3.97. The fourth-order valence-electron chi connectivity index (χ4n) is 3.97. The molecular formula is C21H23N3O. The van der Waals surface area contributed by atoms with Crippen LogP contribution in [0.1, 0.15) is 5.69 Å². The number of hydrogen-bond acceptors (Lipinski definition) is 3. The SMILES string of the molecule is CN1CC2CN(C(=O)/C=C/c3ccc(-c4ccccc4)cn3)CC2C1. The van der Waals surface area contributed by atoms with Crippen LogP contribution in [0.4, 0.5) is 0 Å². The van der Waals surface area contributed by atoms with E-state index in [0.29, 0.717) is 11.8 Å². The van der Waals surface area contributed by atoms with Crippen LogP contribution in [0.15, 0.2) is 54.7 Å². The van der Waals surface area contributed by atoms with Crippen molar-refractivity contribution in [3.05, 3.63) is 60.4 Å². The summed E-state index contributed by atoms with van der Waals surface area (Å²) in [7, 11) is 2.16. The van der Waals surface area contributed by atoms with Crippen molar-refractivity contribution >= 4 is 12.0 Å². The van der Waals surface area contributed by atoms with Gasteiger partial charge in [0.1, 0.15) is 0 Å². The molecule has 2 atom stereocenters. The summed E-state index contributed by atoms with van der Waals surface area (Å²) in [4.78, 5) is 21.2. The van der Waals surface area contributed by atoms with Gasteiger partial charge in [-0.3, -0.25) is 9.78 Å². The molecule has 2 saturated heterocycles. The van der Waals surface area contributed by atoms with Crippen molar-refractivity contribution in [2.75, 3.05) is 33.2 Å². The van der Waals surface area contributed by atoms with E-state index in [1.165, 1.54) is 0 Å². The highest BCUT2D eigenvalue weighted by Gasteiger charge is 2.39. The zero-order valence-electron chi connectivity index (χ0n) is 14.5. The van der Waals surface area contributed by atoms with Gasteiger partial charge in [-0.25, -0.2) is 0 Å². The summed E-state index contributed by atoms with van der Waals surface area (Å²) in [6.45, 7) is 4.00. The van der Waals surface area contributed by atoms with Gasteiger partial charge >= 0.3 is 0 Å². The van der Waals surface area contributed by atoms with Gasteiger partial charge in [-0.15, -0.1) is 0 Å². The smallest absolute Gasteiger partial charge is 0.246 e. The average Bonchev–Trinajstić information content (AvgIpc) is 3.18. The van der Waals surface area contributed by atoms with Crippen molar-refractivity contribution < 1.29 is 4.79 Å². The lowest BCUT2D eigenvalue weighted by molar-refractivity contribution is -0.125. The molecular weight excluding hydrogens is 310 g/mol. The monoisotopic (exact) mass is 333 g/mol. The molecule has 4 heteroatoms. The summed E-state index contributed by atoms with van der Waals surface area (Å²) < 4.78 is 0. The third-order valence-corrected chi connectivity index (χ3v) is 5.27. The molecule has 4 nitrogen and oxygen atoms in total. The van der Waals surface area contributed by atoms with Crippen LogP contribution in [-0.4, -0.2) is 53.9 Å². The van der Waals surface area contributed by atoms with Crippen LogP contribution in [0.5, 0.6) is 0 Å². The van der Waals surface area contributed by atoms with Gasteiger partial charge in [0.15, 0.2) is 0 Å². The number of hydrogen-bond donors (Lipinski definition) is 0. The Morgan fingerprint density at radius 2 is 1.72 bits per heavy atom. The highest BCUT2D eigenvalue weighted by Crippen LogP contribution is 2.30. The van der Waals surface area contributed by atoms with E-state index in [1.807, 2.05) is 47.5 Å². The molecule has 0 bridgehead atoms. The highest BCUT2D eigenvalue weighted by atomic mass is 16.2. The maximum Gasteiger partial charge on any atom is 0.246 e. The lowest BCUT2D eigenvalue weighted by Gasteiger charge is -2.17. The lowest BCUT2D eigenvalue weighted by Crippen LogP contribution is -2.31. The summed E-state index contributed by atoms with van der Waals surface area (Å²) in [5.74, 6) is 1.39. The molecule has 0 spiro atoms. The van der Waals surface area contributed by atoms with Crippen molar-refractivity contribution in [2.45, 2.75) is 0 Å². The Morgan fingerprint density at radius 3 is 2.36 bits per heavy atom. The predicted octanol–water partition coefficient (Wildman–Crippen LogP) is 2.78. The van der Waals surface area contributed by atoms with Gasteiger partial charge in [-0.2, -0.15) is 0 Å². The first-order valence-electron chi connectivity index (χ1n) is 8.86. The van der Waals surface area contributed by atoms with Crippen molar-refractivity contribution in [1.29, 1.82) is 0 Å². The zero-order chi connectivity index (χ0) is 17.2. The second kappa shape index (κ2) is 6.81. The van der Waals surface area contributed by atoms with Gasteiger partial charge in [-0.05, 0) is 36.6 Å². The Labute approximate surface area is 148 Å². The molecule has 0 aliphatic carbocycles.